The van der Waals surface area contributed by atoms with Crippen LogP contribution in [0.25, 0.3) is 0 Å². The molecule has 0 aliphatic carbocycles. The van der Waals surface area contributed by atoms with E-state index < -0.39 is 12.0 Å². The number of hydrogen-bond donors (Lipinski definition) is 1. The van der Waals surface area contributed by atoms with E-state index in [1.165, 1.54) is 9.80 Å². The van der Waals surface area contributed by atoms with Crippen LogP contribution >= 0.6 is 11.6 Å². The van der Waals surface area contributed by atoms with E-state index in [4.69, 9.17) is 16.7 Å². The maximum absolute atomic E-state index is 13.4. The molecular formula is C25H31ClN2O4. The lowest BCUT2D eigenvalue weighted by Crippen LogP contribution is -2.47. The van der Waals surface area contributed by atoms with Crippen molar-refractivity contribution in [2.24, 2.45) is 0 Å². The zero-order valence-corrected chi connectivity index (χ0v) is 19.7. The molecule has 1 N–H and O–H groups in total. The van der Waals surface area contributed by atoms with Gasteiger partial charge >= 0.3 is 12.0 Å². The summed E-state index contributed by atoms with van der Waals surface area (Å²) in [6.45, 7) is 6.44. The number of rotatable bonds is 10. The molecule has 7 heteroatoms. The first-order chi connectivity index (χ1) is 15.2. The van der Waals surface area contributed by atoms with Gasteiger partial charge in [0.25, 0.3) is 0 Å². The molecule has 0 spiro atoms. The van der Waals surface area contributed by atoms with Gasteiger partial charge in [0.05, 0.1) is 12.8 Å². The molecule has 0 aromatic heterocycles. The molecule has 0 saturated carbocycles. The first-order valence-corrected chi connectivity index (χ1v) is 11.2. The molecule has 2 aromatic rings. The molecule has 0 fully saturated rings. The normalized spacial score (nSPS) is 10.6. The first kappa shape index (κ1) is 25.4. The number of nitrogens with zero attached hydrogens (tertiary/aromatic N) is 2. The number of imide groups is 1. The molecule has 2 aromatic carbocycles. The Balaban J connectivity index is 2.26. The molecule has 0 atom stereocenters. The van der Waals surface area contributed by atoms with Gasteiger partial charge in [-0.2, -0.15) is 0 Å². The maximum atomic E-state index is 13.4. The van der Waals surface area contributed by atoms with Crippen LogP contribution < -0.4 is 0 Å². The monoisotopic (exact) mass is 458 g/mol. The zero-order chi connectivity index (χ0) is 23.7. The van der Waals surface area contributed by atoms with Crippen LogP contribution in [-0.2, 0) is 22.6 Å². The molecule has 0 unspecified atom stereocenters. The number of carboxylic acids is 1. The van der Waals surface area contributed by atoms with Crippen LogP contribution in [0.15, 0.2) is 42.5 Å². The van der Waals surface area contributed by atoms with Crippen molar-refractivity contribution in [3.8, 4) is 0 Å². The van der Waals surface area contributed by atoms with Crippen molar-refractivity contribution in [2.45, 2.75) is 53.0 Å². The average Bonchev–Trinajstić information content (AvgIpc) is 2.71. The lowest BCUT2D eigenvalue weighted by molar-refractivity contribution is -0.137. The third-order valence-corrected chi connectivity index (χ3v) is 5.31. The van der Waals surface area contributed by atoms with Crippen LogP contribution in [0.5, 0.6) is 0 Å². The van der Waals surface area contributed by atoms with Gasteiger partial charge in [-0.25, -0.2) is 4.79 Å². The highest BCUT2D eigenvalue weighted by atomic mass is 35.5. The third kappa shape index (κ3) is 8.00. The number of carbonyl (C=O) groups is 3. The van der Waals surface area contributed by atoms with Gasteiger partial charge in [0.2, 0.25) is 5.91 Å². The first-order valence-electron chi connectivity index (χ1n) is 10.8. The molecule has 6 nitrogen and oxygen atoms in total. The minimum Gasteiger partial charge on any atom is -0.481 e. The Morgan fingerprint density at radius 1 is 0.938 bits per heavy atom. The van der Waals surface area contributed by atoms with Crippen molar-refractivity contribution in [3.05, 3.63) is 69.7 Å². The average molecular weight is 459 g/mol. The standard InChI is InChI=1S/C25H31ClN2O4/c1-4-5-11-28(23(29)16-21-14-18(2)13-19(3)15-21)25(32)27(12-10-24(30)31)17-20-6-8-22(26)9-7-20/h6-9,13-15H,4-5,10-12,16-17H2,1-3H3,(H,30,31). The quantitative estimate of drug-likeness (QED) is 0.529. The van der Waals surface area contributed by atoms with E-state index in [9.17, 15) is 14.4 Å². The largest absolute Gasteiger partial charge is 0.481 e. The second-order valence-corrected chi connectivity index (χ2v) is 8.48. The molecule has 172 valence electrons. The Bertz CT molecular complexity index is 923. The van der Waals surface area contributed by atoms with Crippen LogP contribution in [-0.4, -0.2) is 45.9 Å². The fourth-order valence-corrected chi connectivity index (χ4v) is 3.66. The number of unbranched alkanes of at least 4 members (excludes halogenated alkanes) is 1. The van der Waals surface area contributed by atoms with E-state index in [1.54, 1.807) is 24.3 Å². The fraction of sp³-hybridized carbons (Fsp3) is 0.400. The second kappa shape index (κ2) is 12.2. The smallest absolute Gasteiger partial charge is 0.327 e. The van der Waals surface area contributed by atoms with Crippen molar-refractivity contribution >= 4 is 29.5 Å². The predicted molar refractivity (Wildman–Crippen MR) is 126 cm³/mol. The van der Waals surface area contributed by atoms with Gasteiger partial charge in [-0.3, -0.25) is 14.5 Å². The molecule has 0 aliphatic rings. The molecule has 32 heavy (non-hydrogen) atoms. The van der Waals surface area contributed by atoms with Crippen LogP contribution in [0.1, 0.15) is 48.4 Å². The summed E-state index contributed by atoms with van der Waals surface area (Å²) in [5, 5.41) is 9.72. The number of carboxylic acid groups (broad SMARTS) is 1. The topological polar surface area (TPSA) is 77.9 Å². The van der Waals surface area contributed by atoms with E-state index in [2.05, 4.69) is 0 Å². The van der Waals surface area contributed by atoms with Gasteiger partial charge < -0.3 is 10.0 Å². The van der Waals surface area contributed by atoms with Crippen LogP contribution in [0.4, 0.5) is 4.79 Å². The van der Waals surface area contributed by atoms with E-state index in [0.29, 0.717) is 18.0 Å². The number of urea groups is 1. The molecular weight excluding hydrogens is 428 g/mol. The fourth-order valence-electron chi connectivity index (χ4n) is 3.54. The zero-order valence-electron chi connectivity index (χ0n) is 18.9. The summed E-state index contributed by atoms with van der Waals surface area (Å²) in [4.78, 5) is 40.4. The molecule has 0 bridgehead atoms. The molecule has 2 rings (SSSR count). The molecule has 3 amide bonds. The summed E-state index contributed by atoms with van der Waals surface area (Å²) in [5.74, 6) is -1.29. The molecule has 0 saturated heterocycles. The highest BCUT2D eigenvalue weighted by molar-refractivity contribution is 6.30. The number of carbonyl (C=O) groups excluding carboxylic acids is 2. The minimum absolute atomic E-state index is 0.0102. The maximum Gasteiger partial charge on any atom is 0.327 e. The number of aryl methyl sites for hydroxylation is 2. The summed E-state index contributed by atoms with van der Waals surface area (Å²) in [7, 11) is 0. The lowest BCUT2D eigenvalue weighted by Gasteiger charge is -2.29. The number of benzene rings is 2. The van der Waals surface area contributed by atoms with Gasteiger partial charge in [-0.05, 0) is 43.5 Å². The van der Waals surface area contributed by atoms with E-state index in [-0.39, 0.29) is 31.8 Å². The second-order valence-electron chi connectivity index (χ2n) is 8.05. The van der Waals surface area contributed by atoms with E-state index >= 15 is 0 Å². The van der Waals surface area contributed by atoms with Crippen LogP contribution in [0.2, 0.25) is 5.02 Å². The molecule has 0 radical (unpaired) electrons. The van der Waals surface area contributed by atoms with Crippen molar-refractivity contribution in [2.75, 3.05) is 13.1 Å². The Morgan fingerprint density at radius 3 is 2.12 bits per heavy atom. The van der Waals surface area contributed by atoms with Gasteiger partial charge in [0, 0.05) is 24.7 Å². The Labute approximate surface area is 194 Å². The Hall–Kier alpha value is -2.86. The lowest BCUT2D eigenvalue weighted by atomic mass is 10.0. The van der Waals surface area contributed by atoms with Crippen molar-refractivity contribution in [3.63, 3.8) is 0 Å². The van der Waals surface area contributed by atoms with Gasteiger partial charge in [-0.15, -0.1) is 0 Å². The summed E-state index contributed by atoms with van der Waals surface area (Å²) in [6, 6.07) is 12.5. The molecule has 0 aliphatic heterocycles. The summed E-state index contributed by atoms with van der Waals surface area (Å²) >= 11 is 5.95. The van der Waals surface area contributed by atoms with E-state index in [0.717, 1.165) is 28.7 Å². The van der Waals surface area contributed by atoms with Gasteiger partial charge in [0.15, 0.2) is 0 Å². The number of aliphatic carboxylic acids is 1. The van der Waals surface area contributed by atoms with Crippen LogP contribution in [0.3, 0.4) is 0 Å². The van der Waals surface area contributed by atoms with E-state index in [1.807, 2.05) is 39.0 Å². The van der Waals surface area contributed by atoms with Crippen LogP contribution in [0, 0.1) is 13.8 Å². The highest BCUT2D eigenvalue weighted by Gasteiger charge is 2.27. The van der Waals surface area contributed by atoms with Crippen molar-refractivity contribution in [1.29, 1.82) is 0 Å². The number of halogens is 1. The van der Waals surface area contributed by atoms with Crippen molar-refractivity contribution in [1.82, 2.24) is 9.80 Å². The summed E-state index contributed by atoms with van der Waals surface area (Å²) in [5.41, 5.74) is 3.79. The SMILES string of the molecule is CCCCN(C(=O)Cc1cc(C)cc(C)c1)C(=O)N(CCC(=O)O)Cc1ccc(Cl)cc1. The van der Waals surface area contributed by atoms with Gasteiger partial charge in [-0.1, -0.05) is 66.4 Å². The Morgan fingerprint density at radius 2 is 1.56 bits per heavy atom. The highest BCUT2D eigenvalue weighted by Crippen LogP contribution is 2.16. The Kier molecular flexibility index (Phi) is 9.72. The summed E-state index contributed by atoms with van der Waals surface area (Å²) in [6.07, 6.45) is 1.42. The summed E-state index contributed by atoms with van der Waals surface area (Å²) < 4.78 is 0. The minimum atomic E-state index is -0.999. The third-order valence-electron chi connectivity index (χ3n) is 5.06. The van der Waals surface area contributed by atoms with Crippen molar-refractivity contribution < 1.29 is 19.5 Å². The number of hydrogen-bond acceptors (Lipinski definition) is 3. The molecule has 0 heterocycles. The number of amides is 3. The predicted octanol–water partition coefficient (Wildman–Crippen LogP) is 5.22. The van der Waals surface area contributed by atoms with Gasteiger partial charge in [0.1, 0.15) is 0 Å².